The second-order valence-corrected chi connectivity index (χ2v) is 11.1. The third-order valence-electron chi connectivity index (χ3n) is 7.75. The van der Waals surface area contributed by atoms with Crippen LogP contribution >= 0.6 is 0 Å². The summed E-state index contributed by atoms with van der Waals surface area (Å²) in [5.74, 6) is -0.890. The fourth-order valence-electron chi connectivity index (χ4n) is 4.72. The highest BCUT2D eigenvalue weighted by Crippen LogP contribution is 2.36. The molecule has 0 radical (unpaired) electrons. The molecular formula is C31H37NO2. The van der Waals surface area contributed by atoms with Crippen LogP contribution in [-0.2, 0) is 18.4 Å². The Labute approximate surface area is 203 Å². The van der Waals surface area contributed by atoms with E-state index in [4.69, 9.17) is 0 Å². The molecule has 3 nitrogen and oxygen atoms in total. The van der Waals surface area contributed by atoms with Crippen LogP contribution in [0.15, 0.2) is 60.7 Å². The summed E-state index contributed by atoms with van der Waals surface area (Å²) in [4.78, 5) is 11.5. The largest absolute Gasteiger partial charge is 0.478 e. The van der Waals surface area contributed by atoms with Crippen molar-refractivity contribution >= 4 is 27.8 Å². The van der Waals surface area contributed by atoms with Crippen LogP contribution in [0.5, 0.6) is 0 Å². The molecule has 0 spiro atoms. The smallest absolute Gasteiger partial charge is 0.335 e. The number of benzene rings is 3. The average Bonchev–Trinajstić information content (AvgIpc) is 3.11. The van der Waals surface area contributed by atoms with Crippen molar-refractivity contribution in [3.05, 3.63) is 82.9 Å². The van der Waals surface area contributed by atoms with Gasteiger partial charge in [-0.1, -0.05) is 72.2 Å². The van der Waals surface area contributed by atoms with Crippen LogP contribution in [0.25, 0.3) is 21.8 Å². The van der Waals surface area contributed by atoms with Crippen LogP contribution in [0.2, 0.25) is 0 Å². The molecule has 0 fully saturated rings. The first-order chi connectivity index (χ1) is 16.0. The summed E-state index contributed by atoms with van der Waals surface area (Å²) in [5.41, 5.74) is 6.81. The van der Waals surface area contributed by atoms with E-state index in [0.717, 1.165) is 24.8 Å². The summed E-state index contributed by atoms with van der Waals surface area (Å²) in [6.45, 7) is 14.4. The molecule has 178 valence electrons. The molecule has 34 heavy (non-hydrogen) atoms. The van der Waals surface area contributed by atoms with Gasteiger partial charge in [-0.05, 0) is 76.8 Å². The van der Waals surface area contributed by atoms with E-state index in [9.17, 15) is 9.90 Å². The highest BCUT2D eigenvalue weighted by molar-refractivity contribution is 6.08. The van der Waals surface area contributed by atoms with Gasteiger partial charge < -0.3 is 9.67 Å². The number of carboxylic acid groups (broad SMARTS) is 1. The Morgan fingerprint density at radius 2 is 1.50 bits per heavy atom. The van der Waals surface area contributed by atoms with Gasteiger partial charge in [0.2, 0.25) is 0 Å². The first-order valence-electron chi connectivity index (χ1n) is 12.4. The molecule has 4 aromatic rings. The molecule has 0 unspecified atom stereocenters. The van der Waals surface area contributed by atoms with Gasteiger partial charge in [0.1, 0.15) is 0 Å². The van der Waals surface area contributed by atoms with Crippen LogP contribution in [0, 0.1) is 5.41 Å². The van der Waals surface area contributed by atoms with E-state index in [1.54, 1.807) is 12.1 Å². The number of aromatic carboxylic acids is 1. The zero-order valence-corrected chi connectivity index (χ0v) is 21.4. The Bertz CT molecular complexity index is 1360. The maximum atomic E-state index is 11.5. The molecule has 0 atom stereocenters. The van der Waals surface area contributed by atoms with Crippen molar-refractivity contribution in [1.29, 1.82) is 0 Å². The van der Waals surface area contributed by atoms with Gasteiger partial charge in [0.05, 0.1) is 5.56 Å². The number of hydrogen-bond acceptors (Lipinski definition) is 1. The Hall–Kier alpha value is -3.07. The molecule has 0 aliphatic heterocycles. The van der Waals surface area contributed by atoms with E-state index in [-0.39, 0.29) is 10.8 Å². The second kappa shape index (κ2) is 8.94. The van der Waals surface area contributed by atoms with Gasteiger partial charge >= 0.3 is 5.97 Å². The summed E-state index contributed by atoms with van der Waals surface area (Å²) < 4.78 is 2.34. The van der Waals surface area contributed by atoms with E-state index in [2.05, 4.69) is 82.5 Å². The van der Waals surface area contributed by atoms with E-state index in [0.29, 0.717) is 12.1 Å². The maximum absolute atomic E-state index is 11.5. The van der Waals surface area contributed by atoms with Gasteiger partial charge in [-0.25, -0.2) is 4.79 Å². The summed E-state index contributed by atoms with van der Waals surface area (Å²) in [6.07, 6.45) is 3.27. The molecule has 1 aromatic heterocycles. The lowest BCUT2D eigenvalue weighted by Gasteiger charge is -2.23. The molecule has 1 heterocycles. The number of fused-ring (bicyclic) bond motifs is 3. The highest BCUT2D eigenvalue weighted by atomic mass is 16.4. The highest BCUT2D eigenvalue weighted by Gasteiger charge is 2.21. The Kier molecular flexibility index (Phi) is 6.33. The minimum absolute atomic E-state index is 0.111. The molecular weight excluding hydrogens is 418 g/mol. The molecule has 3 aromatic carbocycles. The molecule has 0 amide bonds. The number of hydrogen-bond donors (Lipinski definition) is 1. The van der Waals surface area contributed by atoms with Gasteiger partial charge in [-0.3, -0.25) is 0 Å². The standard InChI is InChI=1S/C31H37NO2/c1-7-30(3,4)19-21-12-14-27-25(17-21)26-18-24(31(5,6)8-2)13-15-28(26)32(27)20-22-10-9-11-23(16-22)29(33)34/h9-18H,7-8,19-20H2,1-6H3,(H,33,34). The second-order valence-electron chi connectivity index (χ2n) is 11.1. The van der Waals surface area contributed by atoms with Crippen molar-refractivity contribution in [3.63, 3.8) is 0 Å². The summed E-state index contributed by atoms with van der Waals surface area (Å²) in [7, 11) is 0. The molecule has 0 saturated heterocycles. The quantitative estimate of drug-likeness (QED) is 0.291. The Morgan fingerprint density at radius 3 is 2.15 bits per heavy atom. The lowest BCUT2D eigenvalue weighted by molar-refractivity contribution is 0.0696. The fourth-order valence-corrected chi connectivity index (χ4v) is 4.72. The van der Waals surface area contributed by atoms with Gasteiger partial charge in [-0.15, -0.1) is 0 Å². The molecule has 0 aliphatic carbocycles. The van der Waals surface area contributed by atoms with Crippen LogP contribution < -0.4 is 0 Å². The van der Waals surface area contributed by atoms with Crippen molar-refractivity contribution < 1.29 is 9.90 Å². The predicted octanol–water partition coefficient (Wildman–Crippen LogP) is 8.21. The lowest BCUT2D eigenvalue weighted by Crippen LogP contribution is -2.15. The molecule has 0 saturated carbocycles. The zero-order chi connectivity index (χ0) is 24.7. The van der Waals surface area contributed by atoms with Crippen LogP contribution in [-0.4, -0.2) is 15.6 Å². The van der Waals surface area contributed by atoms with Crippen molar-refractivity contribution in [2.75, 3.05) is 0 Å². The van der Waals surface area contributed by atoms with Gasteiger partial charge in [0, 0.05) is 28.4 Å². The van der Waals surface area contributed by atoms with Crippen molar-refractivity contribution in [3.8, 4) is 0 Å². The number of rotatable bonds is 8. The van der Waals surface area contributed by atoms with Crippen molar-refractivity contribution in [2.24, 2.45) is 5.41 Å². The SMILES string of the molecule is CCC(C)(C)Cc1ccc2c(c1)c1cc(C(C)(C)CC)ccc1n2Cc1cccc(C(=O)O)c1. The van der Waals surface area contributed by atoms with Gasteiger partial charge in [0.25, 0.3) is 0 Å². The van der Waals surface area contributed by atoms with E-state index in [1.165, 1.54) is 32.9 Å². The number of aromatic nitrogens is 1. The first kappa shape index (κ1) is 24.1. The number of carboxylic acids is 1. The molecule has 0 bridgehead atoms. The summed E-state index contributed by atoms with van der Waals surface area (Å²) >= 11 is 0. The monoisotopic (exact) mass is 455 g/mol. The van der Waals surface area contributed by atoms with E-state index in [1.807, 2.05) is 12.1 Å². The van der Waals surface area contributed by atoms with Gasteiger partial charge in [-0.2, -0.15) is 0 Å². The number of carbonyl (C=O) groups is 1. The fraction of sp³-hybridized carbons (Fsp3) is 0.387. The van der Waals surface area contributed by atoms with Crippen LogP contribution in [0.4, 0.5) is 0 Å². The predicted molar refractivity (Wildman–Crippen MR) is 143 cm³/mol. The topological polar surface area (TPSA) is 42.2 Å². The zero-order valence-electron chi connectivity index (χ0n) is 21.4. The molecule has 4 rings (SSSR count). The molecule has 0 aliphatic rings. The Morgan fingerprint density at radius 1 is 0.824 bits per heavy atom. The van der Waals surface area contributed by atoms with Crippen molar-refractivity contribution in [1.82, 2.24) is 4.57 Å². The summed E-state index contributed by atoms with van der Waals surface area (Å²) in [5, 5.41) is 12.0. The van der Waals surface area contributed by atoms with E-state index >= 15 is 0 Å². The minimum atomic E-state index is -0.890. The minimum Gasteiger partial charge on any atom is -0.478 e. The van der Waals surface area contributed by atoms with Crippen LogP contribution in [0.3, 0.4) is 0 Å². The maximum Gasteiger partial charge on any atom is 0.335 e. The first-order valence-corrected chi connectivity index (χ1v) is 12.4. The average molecular weight is 456 g/mol. The molecule has 1 N–H and O–H groups in total. The lowest BCUT2D eigenvalue weighted by atomic mass is 9.81. The van der Waals surface area contributed by atoms with E-state index < -0.39 is 5.97 Å². The Balaban J connectivity index is 1.91. The van der Waals surface area contributed by atoms with Crippen LogP contribution in [0.1, 0.15) is 81.4 Å². The number of nitrogens with zero attached hydrogens (tertiary/aromatic N) is 1. The normalized spacial score (nSPS) is 12.5. The van der Waals surface area contributed by atoms with Crippen molar-refractivity contribution in [2.45, 2.75) is 72.8 Å². The summed E-state index contributed by atoms with van der Waals surface area (Å²) in [6, 6.07) is 21.1. The van der Waals surface area contributed by atoms with Gasteiger partial charge in [0.15, 0.2) is 0 Å². The third-order valence-corrected chi connectivity index (χ3v) is 7.75. The molecule has 3 heteroatoms. The third kappa shape index (κ3) is 4.61.